The van der Waals surface area contributed by atoms with Crippen LogP contribution in [-0.2, 0) is 20.2 Å². The van der Waals surface area contributed by atoms with Crippen molar-refractivity contribution in [3.05, 3.63) is 83.9 Å². The van der Waals surface area contributed by atoms with Gasteiger partial charge in [-0.1, -0.05) is 50.6 Å². The number of anilines is 1. The average Bonchev–Trinajstić information content (AvgIpc) is 2.85. The van der Waals surface area contributed by atoms with Crippen molar-refractivity contribution < 1.29 is 22.7 Å². The van der Waals surface area contributed by atoms with E-state index in [0.717, 1.165) is 9.87 Å². The molecule has 1 amide bonds. The number of aryl methyl sites for hydroxylation is 1. The number of hydrogen-bond donors (Lipinski definition) is 1. The molecule has 7 nitrogen and oxygen atoms in total. The van der Waals surface area contributed by atoms with E-state index in [0.29, 0.717) is 17.2 Å². The van der Waals surface area contributed by atoms with E-state index in [2.05, 4.69) is 26.1 Å². The van der Waals surface area contributed by atoms with Gasteiger partial charge in [-0.25, -0.2) is 8.42 Å². The first-order valence-corrected chi connectivity index (χ1v) is 13.2. The number of carbonyl (C=O) groups excluding carboxylic acids is 1. The summed E-state index contributed by atoms with van der Waals surface area (Å²) in [6.07, 6.45) is 0. The largest absolute Gasteiger partial charge is 0.497 e. The highest BCUT2D eigenvalue weighted by atomic mass is 32.2. The maximum absolute atomic E-state index is 13.4. The lowest BCUT2D eigenvalue weighted by Gasteiger charge is -2.24. The summed E-state index contributed by atoms with van der Waals surface area (Å²) in [5.74, 6) is 0.821. The molecular formula is C28H34N2O5S. The molecule has 0 aromatic heterocycles. The fourth-order valence-electron chi connectivity index (χ4n) is 3.50. The van der Waals surface area contributed by atoms with E-state index < -0.39 is 15.9 Å². The van der Waals surface area contributed by atoms with Crippen molar-refractivity contribution in [3.8, 4) is 11.5 Å². The molecule has 0 unspecified atom stereocenters. The summed E-state index contributed by atoms with van der Waals surface area (Å²) in [5, 5.41) is 2.75. The zero-order chi connectivity index (χ0) is 26.3. The maximum Gasteiger partial charge on any atom is 0.264 e. The third-order valence-corrected chi connectivity index (χ3v) is 7.46. The standard InChI is InChI=1S/C28H34N2O5S/c1-21-6-10-23(11-7-21)30(36(32,33)26-16-14-24(34-5)15-17-26)20-27(31)29-18-19-35-25-12-8-22(9-13-25)28(2,3)4/h6-17H,18-20H2,1-5H3,(H,29,31). The molecule has 0 heterocycles. The van der Waals surface area contributed by atoms with E-state index in [1.54, 1.807) is 24.3 Å². The molecular weight excluding hydrogens is 476 g/mol. The number of sulfonamides is 1. The molecule has 0 aliphatic rings. The third-order valence-electron chi connectivity index (χ3n) is 5.67. The minimum Gasteiger partial charge on any atom is -0.497 e. The average molecular weight is 511 g/mol. The molecule has 8 heteroatoms. The number of methoxy groups -OCH3 is 1. The Morgan fingerprint density at radius 3 is 2.03 bits per heavy atom. The highest BCUT2D eigenvalue weighted by Gasteiger charge is 2.27. The summed E-state index contributed by atoms with van der Waals surface area (Å²) in [6.45, 7) is 8.49. The van der Waals surface area contributed by atoms with Crippen molar-refractivity contribution in [2.45, 2.75) is 38.0 Å². The number of amides is 1. The first kappa shape index (κ1) is 27.1. The minimum absolute atomic E-state index is 0.0575. The summed E-state index contributed by atoms with van der Waals surface area (Å²) in [5.41, 5.74) is 2.65. The van der Waals surface area contributed by atoms with Crippen molar-refractivity contribution in [3.63, 3.8) is 0 Å². The SMILES string of the molecule is COc1ccc(S(=O)(=O)N(CC(=O)NCCOc2ccc(C(C)(C)C)cc2)c2ccc(C)cc2)cc1. The lowest BCUT2D eigenvalue weighted by Crippen LogP contribution is -2.41. The number of nitrogens with one attached hydrogen (secondary N) is 1. The Morgan fingerprint density at radius 1 is 0.889 bits per heavy atom. The summed E-state index contributed by atoms with van der Waals surface area (Å²) in [6, 6.07) is 20.9. The first-order chi connectivity index (χ1) is 17.0. The van der Waals surface area contributed by atoms with Crippen LogP contribution in [0.25, 0.3) is 0 Å². The van der Waals surface area contributed by atoms with Crippen LogP contribution in [-0.4, -0.2) is 41.1 Å². The second-order valence-electron chi connectivity index (χ2n) is 9.50. The van der Waals surface area contributed by atoms with Gasteiger partial charge in [0.25, 0.3) is 10.0 Å². The van der Waals surface area contributed by atoms with Crippen LogP contribution >= 0.6 is 0 Å². The lowest BCUT2D eigenvalue weighted by molar-refractivity contribution is -0.119. The number of nitrogens with zero attached hydrogens (tertiary/aromatic N) is 1. The Hall–Kier alpha value is -3.52. The van der Waals surface area contributed by atoms with Crippen LogP contribution in [0.15, 0.2) is 77.7 Å². The Balaban J connectivity index is 1.66. The fourth-order valence-corrected chi connectivity index (χ4v) is 4.92. The molecule has 0 saturated carbocycles. The van der Waals surface area contributed by atoms with Crippen molar-refractivity contribution in [2.24, 2.45) is 0 Å². The molecule has 0 saturated heterocycles. The first-order valence-electron chi connectivity index (χ1n) is 11.7. The predicted molar refractivity (Wildman–Crippen MR) is 142 cm³/mol. The number of rotatable bonds is 10. The van der Waals surface area contributed by atoms with Gasteiger partial charge < -0.3 is 14.8 Å². The molecule has 0 aliphatic heterocycles. The van der Waals surface area contributed by atoms with E-state index >= 15 is 0 Å². The summed E-state index contributed by atoms with van der Waals surface area (Å²) >= 11 is 0. The quantitative estimate of drug-likeness (QED) is 0.400. The molecule has 0 atom stereocenters. The van der Waals surface area contributed by atoms with Crippen molar-refractivity contribution in [1.29, 1.82) is 0 Å². The van der Waals surface area contributed by atoms with Gasteiger partial charge in [0.2, 0.25) is 5.91 Å². The zero-order valence-corrected chi connectivity index (χ0v) is 22.3. The van der Waals surface area contributed by atoms with Gasteiger partial charge >= 0.3 is 0 Å². The van der Waals surface area contributed by atoms with Gasteiger partial charge in [0.1, 0.15) is 24.7 Å². The van der Waals surface area contributed by atoms with Gasteiger partial charge in [0.05, 0.1) is 24.2 Å². The molecule has 36 heavy (non-hydrogen) atoms. The highest BCUT2D eigenvalue weighted by molar-refractivity contribution is 7.92. The monoisotopic (exact) mass is 510 g/mol. The van der Waals surface area contributed by atoms with Crippen molar-refractivity contribution in [1.82, 2.24) is 5.32 Å². The summed E-state index contributed by atoms with van der Waals surface area (Å²) in [4.78, 5) is 12.8. The second kappa shape index (κ2) is 11.5. The van der Waals surface area contributed by atoms with E-state index in [-0.39, 0.29) is 30.0 Å². The molecule has 0 bridgehead atoms. The molecule has 0 fully saturated rings. The van der Waals surface area contributed by atoms with Crippen molar-refractivity contribution in [2.75, 3.05) is 31.1 Å². The van der Waals surface area contributed by atoms with Crippen LogP contribution in [0.1, 0.15) is 31.9 Å². The van der Waals surface area contributed by atoms with Crippen LogP contribution in [0, 0.1) is 6.92 Å². The van der Waals surface area contributed by atoms with Gasteiger partial charge in [0.15, 0.2) is 0 Å². The topological polar surface area (TPSA) is 84.9 Å². The third kappa shape index (κ3) is 7.01. The molecule has 0 radical (unpaired) electrons. The second-order valence-corrected chi connectivity index (χ2v) is 11.4. The Bertz CT molecular complexity index is 1250. The predicted octanol–water partition coefficient (Wildman–Crippen LogP) is 4.69. The molecule has 1 N–H and O–H groups in total. The van der Waals surface area contributed by atoms with E-state index in [9.17, 15) is 13.2 Å². The molecule has 0 spiro atoms. The number of benzene rings is 3. The Labute approximate surface area is 214 Å². The molecule has 192 valence electrons. The van der Waals surface area contributed by atoms with Gasteiger partial charge in [-0.15, -0.1) is 0 Å². The fraction of sp³-hybridized carbons (Fsp3) is 0.321. The normalized spacial score (nSPS) is 11.6. The van der Waals surface area contributed by atoms with Crippen LogP contribution in [0.5, 0.6) is 11.5 Å². The molecule has 3 aromatic carbocycles. The van der Waals surface area contributed by atoms with Crippen LogP contribution in [0.3, 0.4) is 0 Å². The summed E-state index contributed by atoms with van der Waals surface area (Å²) < 4.78 is 38.9. The van der Waals surface area contributed by atoms with E-state index in [1.807, 2.05) is 43.3 Å². The van der Waals surface area contributed by atoms with Crippen LogP contribution in [0.4, 0.5) is 5.69 Å². The van der Waals surface area contributed by atoms with E-state index in [4.69, 9.17) is 9.47 Å². The number of ether oxygens (including phenoxy) is 2. The van der Waals surface area contributed by atoms with Crippen LogP contribution in [0.2, 0.25) is 0 Å². The Kier molecular flexibility index (Phi) is 8.63. The van der Waals surface area contributed by atoms with Crippen molar-refractivity contribution >= 4 is 21.6 Å². The Morgan fingerprint density at radius 2 is 1.47 bits per heavy atom. The smallest absolute Gasteiger partial charge is 0.264 e. The van der Waals surface area contributed by atoms with E-state index in [1.165, 1.54) is 24.8 Å². The zero-order valence-electron chi connectivity index (χ0n) is 21.4. The van der Waals surface area contributed by atoms with Gasteiger partial charge in [0, 0.05) is 0 Å². The minimum atomic E-state index is -3.99. The molecule has 3 aromatic rings. The van der Waals surface area contributed by atoms with Gasteiger partial charge in [-0.3, -0.25) is 9.10 Å². The lowest BCUT2D eigenvalue weighted by atomic mass is 9.87. The molecule has 3 rings (SSSR count). The molecule has 0 aliphatic carbocycles. The maximum atomic E-state index is 13.4. The highest BCUT2D eigenvalue weighted by Crippen LogP contribution is 2.26. The van der Waals surface area contributed by atoms with Crippen LogP contribution < -0.4 is 19.1 Å². The van der Waals surface area contributed by atoms with Gasteiger partial charge in [-0.2, -0.15) is 0 Å². The number of carbonyl (C=O) groups is 1. The van der Waals surface area contributed by atoms with Gasteiger partial charge in [-0.05, 0) is 66.4 Å². The summed E-state index contributed by atoms with van der Waals surface area (Å²) in [7, 11) is -2.48. The number of hydrogen-bond acceptors (Lipinski definition) is 5.